The molecule has 0 heterocycles. The summed E-state index contributed by atoms with van der Waals surface area (Å²) in [5, 5.41) is 0. The lowest BCUT2D eigenvalue weighted by molar-refractivity contribution is 0.123. The third-order valence-corrected chi connectivity index (χ3v) is 6.99. The smallest absolute Gasteiger partial charge is 0.377 e. The molecule has 9 heteroatoms. The van der Waals surface area contributed by atoms with Crippen LogP contribution in [-0.2, 0) is 22.9 Å². The number of nitrogens with zero attached hydrogens (tertiary/aromatic N) is 2. The molecule has 0 fully saturated rings. The molecule has 0 aliphatic heterocycles. The predicted octanol–water partition coefficient (Wildman–Crippen LogP) is 3.28. The van der Waals surface area contributed by atoms with Crippen LogP contribution in [0.15, 0.2) is 9.98 Å². The monoisotopic (exact) mass is 406 g/mol. The Morgan fingerprint density at radius 1 is 1.08 bits per heavy atom. The van der Waals surface area contributed by atoms with Crippen molar-refractivity contribution >= 4 is 33.6 Å². The molecular weight excluding hydrogens is 372 g/mol. The number of thiol groups is 1. The largest absolute Gasteiger partial charge is 0.500 e. The van der Waals surface area contributed by atoms with Gasteiger partial charge in [-0.25, -0.2) is 19.6 Å². The highest BCUT2D eigenvalue weighted by Gasteiger charge is 2.36. The fourth-order valence-electron chi connectivity index (χ4n) is 2.54. The molecule has 0 aliphatic carbocycles. The van der Waals surface area contributed by atoms with E-state index >= 15 is 0 Å². The Morgan fingerprint density at radius 3 is 2.04 bits per heavy atom. The van der Waals surface area contributed by atoms with Crippen LogP contribution < -0.4 is 0 Å². The van der Waals surface area contributed by atoms with E-state index in [4.69, 9.17) is 13.3 Å². The van der Waals surface area contributed by atoms with Gasteiger partial charge in [-0.1, -0.05) is 20.8 Å². The van der Waals surface area contributed by atoms with Crippen LogP contribution in [0.3, 0.4) is 0 Å². The maximum Gasteiger partial charge on any atom is 0.500 e. The van der Waals surface area contributed by atoms with E-state index in [9.17, 15) is 9.59 Å². The molecule has 0 radical (unpaired) electrons. The van der Waals surface area contributed by atoms with Gasteiger partial charge in [0.2, 0.25) is 12.2 Å². The third kappa shape index (κ3) is 14.4. The van der Waals surface area contributed by atoms with Gasteiger partial charge in [0, 0.05) is 27.4 Å². The van der Waals surface area contributed by atoms with Gasteiger partial charge < -0.3 is 13.3 Å². The van der Waals surface area contributed by atoms with Crippen molar-refractivity contribution in [2.24, 2.45) is 21.3 Å². The maximum absolute atomic E-state index is 10.00. The highest BCUT2D eigenvalue weighted by molar-refractivity contribution is 7.80. The van der Waals surface area contributed by atoms with E-state index in [-0.39, 0.29) is 5.41 Å². The average molecular weight is 407 g/mol. The van der Waals surface area contributed by atoms with E-state index < -0.39 is 8.80 Å². The molecule has 0 amide bonds. The topological polar surface area (TPSA) is 86.6 Å². The van der Waals surface area contributed by atoms with Crippen molar-refractivity contribution in [1.82, 2.24) is 0 Å². The number of carbonyl (C=O) groups excluding carboxylic acids is 2. The maximum atomic E-state index is 10.00. The first-order chi connectivity index (χ1) is 12.3. The Hall–Kier alpha value is -0.793. The molecule has 0 bridgehead atoms. The normalized spacial score (nSPS) is 12.3. The number of isocyanates is 2. The quantitative estimate of drug-likeness (QED) is 0.219. The first-order valence-corrected chi connectivity index (χ1v) is 11.2. The van der Waals surface area contributed by atoms with Gasteiger partial charge in [-0.05, 0) is 36.3 Å². The zero-order valence-electron chi connectivity index (χ0n) is 16.9. The Kier molecular flexibility index (Phi) is 17.3. The second-order valence-corrected chi connectivity index (χ2v) is 10.3. The molecule has 0 aliphatic rings. The number of hydrogen-bond acceptors (Lipinski definition) is 8. The van der Waals surface area contributed by atoms with Gasteiger partial charge in [-0.15, -0.1) is 0 Å². The summed E-state index contributed by atoms with van der Waals surface area (Å²) in [6.07, 6.45) is 5.86. The summed E-state index contributed by atoms with van der Waals surface area (Å²) in [6, 6.07) is 0.833. The van der Waals surface area contributed by atoms with Gasteiger partial charge in [-0.2, -0.15) is 12.6 Å². The lowest BCUT2D eigenvalue weighted by Gasteiger charge is -2.25. The zero-order chi connectivity index (χ0) is 20.5. The Balaban J connectivity index is 0. The van der Waals surface area contributed by atoms with E-state index in [2.05, 4.69) is 43.4 Å². The van der Waals surface area contributed by atoms with Gasteiger partial charge in [0.25, 0.3) is 0 Å². The molecule has 26 heavy (non-hydrogen) atoms. The molecule has 0 N–H and O–H groups in total. The SMILES string of the molecule is CC(CCN=C=O)CC(C)(C)CN=C=O.CO[Si](CCCS)(OC)OC. The van der Waals surface area contributed by atoms with Crippen molar-refractivity contribution in [1.29, 1.82) is 0 Å². The molecule has 1 atom stereocenters. The first kappa shape index (κ1) is 27.4. The summed E-state index contributed by atoms with van der Waals surface area (Å²) in [6.45, 7) is 7.25. The van der Waals surface area contributed by atoms with Crippen LogP contribution in [-0.4, -0.2) is 61.1 Å². The zero-order valence-corrected chi connectivity index (χ0v) is 18.8. The minimum atomic E-state index is -2.29. The summed E-state index contributed by atoms with van der Waals surface area (Å²) in [7, 11) is 2.58. The summed E-state index contributed by atoms with van der Waals surface area (Å²) >= 11 is 4.10. The van der Waals surface area contributed by atoms with Crippen molar-refractivity contribution in [2.75, 3.05) is 40.2 Å². The van der Waals surface area contributed by atoms with Gasteiger partial charge in [-0.3, -0.25) is 0 Å². The van der Waals surface area contributed by atoms with Crippen LogP contribution in [0.1, 0.15) is 40.0 Å². The number of aliphatic imine (C=N–C) groups is 2. The molecule has 0 saturated carbocycles. The minimum absolute atomic E-state index is 0.00171. The summed E-state index contributed by atoms with van der Waals surface area (Å²) in [4.78, 5) is 27.0. The lowest BCUT2D eigenvalue weighted by Crippen LogP contribution is -2.42. The fraction of sp³-hybridized carbons (Fsp3) is 0.882. The third-order valence-electron chi connectivity index (χ3n) is 3.85. The van der Waals surface area contributed by atoms with Crippen LogP contribution in [0, 0.1) is 11.3 Å². The number of hydrogen-bond donors (Lipinski definition) is 1. The Bertz CT molecular complexity index is 440. The van der Waals surface area contributed by atoms with E-state index in [1.165, 1.54) is 6.08 Å². The van der Waals surface area contributed by atoms with Gasteiger partial charge in [0.05, 0.1) is 13.1 Å². The minimum Gasteiger partial charge on any atom is -0.377 e. The van der Waals surface area contributed by atoms with E-state index in [0.717, 1.165) is 31.1 Å². The van der Waals surface area contributed by atoms with Crippen LogP contribution in [0.2, 0.25) is 6.04 Å². The van der Waals surface area contributed by atoms with Crippen LogP contribution >= 0.6 is 12.6 Å². The van der Waals surface area contributed by atoms with Crippen LogP contribution in [0.5, 0.6) is 0 Å². The summed E-state index contributed by atoms with van der Waals surface area (Å²) < 4.78 is 15.6. The molecule has 0 aromatic heterocycles. The molecule has 7 nitrogen and oxygen atoms in total. The number of rotatable bonds is 13. The standard InChI is InChI=1S/C11H18N2O2.C6H16O3SSi/c1-10(4-5-12-8-14)6-11(2,3)7-13-9-15;1-7-11(8-2,9-3)6-4-5-10/h10H,4-7H2,1-3H3;10H,4-6H2,1-3H3. The van der Waals surface area contributed by atoms with E-state index in [1.54, 1.807) is 27.4 Å². The Morgan fingerprint density at radius 2 is 1.62 bits per heavy atom. The molecule has 0 spiro atoms. The van der Waals surface area contributed by atoms with Crippen molar-refractivity contribution < 1.29 is 22.9 Å². The highest BCUT2D eigenvalue weighted by Crippen LogP contribution is 2.27. The van der Waals surface area contributed by atoms with Crippen LogP contribution in [0.4, 0.5) is 0 Å². The van der Waals surface area contributed by atoms with Crippen molar-refractivity contribution in [2.45, 2.75) is 46.1 Å². The van der Waals surface area contributed by atoms with Gasteiger partial charge in [0.1, 0.15) is 0 Å². The van der Waals surface area contributed by atoms with Crippen molar-refractivity contribution in [3.63, 3.8) is 0 Å². The second kappa shape index (κ2) is 16.4. The fourth-order valence-corrected chi connectivity index (χ4v) is 4.72. The van der Waals surface area contributed by atoms with Crippen molar-refractivity contribution in [3.8, 4) is 0 Å². The van der Waals surface area contributed by atoms with Crippen molar-refractivity contribution in [3.05, 3.63) is 0 Å². The second-order valence-electron chi connectivity index (χ2n) is 6.77. The molecule has 0 rings (SSSR count). The molecule has 1 unspecified atom stereocenters. The van der Waals surface area contributed by atoms with E-state index in [0.29, 0.717) is 19.0 Å². The van der Waals surface area contributed by atoms with Gasteiger partial charge in [0.15, 0.2) is 0 Å². The molecular formula is C17H34N2O5SSi. The molecule has 152 valence electrons. The lowest BCUT2D eigenvalue weighted by atomic mass is 9.82. The van der Waals surface area contributed by atoms with Gasteiger partial charge >= 0.3 is 8.80 Å². The highest BCUT2D eigenvalue weighted by atomic mass is 32.1. The first-order valence-electron chi connectivity index (χ1n) is 8.60. The Labute approximate surface area is 164 Å². The predicted molar refractivity (Wildman–Crippen MR) is 108 cm³/mol. The van der Waals surface area contributed by atoms with Crippen LogP contribution in [0.25, 0.3) is 0 Å². The molecule has 0 aromatic rings. The summed E-state index contributed by atoms with van der Waals surface area (Å²) in [5.74, 6) is 1.30. The molecule has 0 aromatic carbocycles. The average Bonchev–Trinajstić information content (AvgIpc) is 2.62. The van der Waals surface area contributed by atoms with E-state index in [1.807, 2.05) is 0 Å². The molecule has 0 saturated heterocycles. The summed E-state index contributed by atoms with van der Waals surface area (Å²) in [5.41, 5.74) is 0.00171.